The van der Waals surface area contributed by atoms with E-state index >= 15 is 0 Å². The monoisotopic (exact) mass is 407 g/mol. The number of anilines is 2. The Kier molecular flexibility index (Phi) is 5.97. The zero-order chi connectivity index (χ0) is 22.1. The summed E-state index contributed by atoms with van der Waals surface area (Å²) >= 11 is 0. The van der Waals surface area contributed by atoms with Gasteiger partial charge in [-0.1, -0.05) is 18.2 Å². The largest absolute Gasteiger partial charge is 0.347 e. The van der Waals surface area contributed by atoms with Crippen LogP contribution in [0.25, 0.3) is 0 Å². The van der Waals surface area contributed by atoms with Crippen LogP contribution in [0.1, 0.15) is 48.7 Å². The number of amides is 3. The first kappa shape index (κ1) is 21.6. The molecule has 2 aromatic rings. The fourth-order valence-electron chi connectivity index (χ4n) is 3.46. The van der Waals surface area contributed by atoms with Crippen molar-refractivity contribution < 1.29 is 14.4 Å². The molecule has 0 saturated carbocycles. The summed E-state index contributed by atoms with van der Waals surface area (Å²) in [5.41, 5.74) is 3.52. The molecule has 2 N–H and O–H groups in total. The van der Waals surface area contributed by atoms with Crippen molar-refractivity contribution in [1.29, 1.82) is 0 Å². The van der Waals surface area contributed by atoms with Crippen LogP contribution in [0, 0.1) is 19.8 Å². The minimum absolute atomic E-state index is 0.0721. The van der Waals surface area contributed by atoms with E-state index in [-0.39, 0.29) is 24.1 Å². The second-order valence-corrected chi connectivity index (χ2v) is 8.91. The Morgan fingerprint density at radius 3 is 2.40 bits per heavy atom. The highest BCUT2D eigenvalue weighted by Crippen LogP contribution is 2.28. The number of rotatable bonds is 4. The number of hydrogen-bond donors (Lipinski definition) is 2. The summed E-state index contributed by atoms with van der Waals surface area (Å²) in [5, 5.41) is 5.76. The molecule has 1 saturated heterocycles. The Morgan fingerprint density at radius 1 is 1.03 bits per heavy atom. The maximum absolute atomic E-state index is 12.9. The number of para-hydroxylation sites is 1. The average Bonchev–Trinajstić information content (AvgIpc) is 3.05. The van der Waals surface area contributed by atoms with E-state index in [2.05, 4.69) is 10.6 Å². The molecule has 3 amide bonds. The van der Waals surface area contributed by atoms with Crippen molar-refractivity contribution in [2.24, 2.45) is 5.92 Å². The van der Waals surface area contributed by atoms with Crippen molar-refractivity contribution in [2.45, 2.75) is 46.6 Å². The van der Waals surface area contributed by atoms with Gasteiger partial charge in [-0.05, 0) is 70.0 Å². The van der Waals surface area contributed by atoms with Crippen LogP contribution in [-0.2, 0) is 9.59 Å². The van der Waals surface area contributed by atoms with Gasteiger partial charge in [0, 0.05) is 24.2 Å². The Morgan fingerprint density at radius 2 is 1.73 bits per heavy atom. The molecular weight excluding hydrogens is 378 g/mol. The summed E-state index contributed by atoms with van der Waals surface area (Å²) in [6.45, 7) is 10.0. The molecule has 3 rings (SSSR count). The molecule has 1 heterocycles. The van der Waals surface area contributed by atoms with Gasteiger partial charge in [0.25, 0.3) is 5.91 Å². The van der Waals surface area contributed by atoms with E-state index in [1.165, 1.54) is 0 Å². The lowest BCUT2D eigenvalue weighted by atomic mass is 10.1. The summed E-state index contributed by atoms with van der Waals surface area (Å²) in [7, 11) is 0. The van der Waals surface area contributed by atoms with E-state index in [1.54, 1.807) is 29.2 Å². The molecule has 158 valence electrons. The molecule has 2 aromatic carbocycles. The lowest BCUT2D eigenvalue weighted by Gasteiger charge is -2.22. The normalized spacial score (nSPS) is 16.5. The standard InChI is InChI=1S/C24H29N3O3/c1-15-10-11-18(12-16(15)2)27-14-17(13-21(27)28)22(29)25-20-9-7-6-8-19(20)23(30)26-24(3,4)5/h6-12,17H,13-14H2,1-5H3,(H,25,29)(H,26,30). The van der Waals surface area contributed by atoms with Gasteiger partial charge in [0.05, 0.1) is 17.2 Å². The van der Waals surface area contributed by atoms with E-state index in [0.29, 0.717) is 17.8 Å². The van der Waals surface area contributed by atoms with Crippen LogP contribution in [0.4, 0.5) is 11.4 Å². The third-order valence-electron chi connectivity index (χ3n) is 5.22. The second kappa shape index (κ2) is 8.30. The molecule has 1 aliphatic heterocycles. The Bertz CT molecular complexity index is 991. The maximum Gasteiger partial charge on any atom is 0.253 e. The molecule has 6 nitrogen and oxygen atoms in total. The van der Waals surface area contributed by atoms with Crippen molar-refractivity contribution in [3.05, 3.63) is 59.2 Å². The first-order chi connectivity index (χ1) is 14.0. The molecule has 6 heteroatoms. The molecule has 0 aromatic heterocycles. The van der Waals surface area contributed by atoms with Crippen LogP contribution in [0.2, 0.25) is 0 Å². The highest BCUT2D eigenvalue weighted by molar-refractivity contribution is 6.07. The van der Waals surface area contributed by atoms with E-state index < -0.39 is 11.5 Å². The molecule has 0 radical (unpaired) electrons. The highest BCUT2D eigenvalue weighted by Gasteiger charge is 2.35. The number of nitrogens with one attached hydrogen (secondary N) is 2. The Balaban J connectivity index is 1.74. The molecule has 0 spiro atoms. The molecule has 0 aliphatic carbocycles. The molecule has 30 heavy (non-hydrogen) atoms. The number of aryl methyl sites for hydroxylation is 2. The van der Waals surface area contributed by atoms with Gasteiger partial charge in [-0.3, -0.25) is 14.4 Å². The van der Waals surface area contributed by atoms with E-state index in [4.69, 9.17) is 0 Å². The van der Waals surface area contributed by atoms with Crippen LogP contribution >= 0.6 is 0 Å². The third kappa shape index (κ3) is 4.87. The molecule has 1 aliphatic rings. The smallest absolute Gasteiger partial charge is 0.253 e. The fraction of sp³-hybridized carbons (Fsp3) is 0.375. The zero-order valence-electron chi connectivity index (χ0n) is 18.2. The number of benzene rings is 2. The van der Waals surface area contributed by atoms with Gasteiger partial charge in [0.15, 0.2) is 0 Å². The predicted octanol–water partition coefficient (Wildman–Crippen LogP) is 3.82. The van der Waals surface area contributed by atoms with Crippen LogP contribution in [0.3, 0.4) is 0 Å². The van der Waals surface area contributed by atoms with Crippen molar-refractivity contribution in [1.82, 2.24) is 5.32 Å². The van der Waals surface area contributed by atoms with E-state index in [1.807, 2.05) is 52.8 Å². The number of carbonyl (C=O) groups excluding carboxylic acids is 3. The summed E-state index contributed by atoms with van der Waals surface area (Å²) in [6, 6.07) is 12.8. The van der Waals surface area contributed by atoms with Crippen LogP contribution < -0.4 is 15.5 Å². The predicted molar refractivity (Wildman–Crippen MR) is 119 cm³/mol. The summed E-state index contributed by atoms with van der Waals surface area (Å²) in [6.07, 6.45) is 0.148. The van der Waals surface area contributed by atoms with Gasteiger partial charge in [-0.15, -0.1) is 0 Å². The van der Waals surface area contributed by atoms with Crippen molar-refractivity contribution in [3.8, 4) is 0 Å². The van der Waals surface area contributed by atoms with Gasteiger partial charge in [-0.25, -0.2) is 0 Å². The SMILES string of the molecule is Cc1ccc(N2CC(C(=O)Nc3ccccc3C(=O)NC(C)(C)C)CC2=O)cc1C. The maximum atomic E-state index is 12.9. The number of carbonyl (C=O) groups is 3. The highest BCUT2D eigenvalue weighted by atomic mass is 16.2. The van der Waals surface area contributed by atoms with Crippen LogP contribution in [-0.4, -0.2) is 29.8 Å². The molecule has 1 unspecified atom stereocenters. The van der Waals surface area contributed by atoms with Crippen molar-refractivity contribution in [2.75, 3.05) is 16.8 Å². The Labute approximate surface area is 177 Å². The molecule has 1 atom stereocenters. The van der Waals surface area contributed by atoms with E-state index in [0.717, 1.165) is 16.8 Å². The number of nitrogens with zero attached hydrogens (tertiary/aromatic N) is 1. The summed E-state index contributed by atoms with van der Waals surface area (Å²) < 4.78 is 0. The lowest BCUT2D eigenvalue weighted by molar-refractivity contribution is -0.122. The molecular formula is C24H29N3O3. The third-order valence-corrected chi connectivity index (χ3v) is 5.22. The van der Waals surface area contributed by atoms with Gasteiger partial charge in [0.2, 0.25) is 11.8 Å². The van der Waals surface area contributed by atoms with Crippen LogP contribution in [0.15, 0.2) is 42.5 Å². The Hall–Kier alpha value is -3.15. The first-order valence-corrected chi connectivity index (χ1v) is 10.1. The first-order valence-electron chi connectivity index (χ1n) is 10.1. The van der Waals surface area contributed by atoms with Gasteiger partial charge >= 0.3 is 0 Å². The number of hydrogen-bond acceptors (Lipinski definition) is 3. The topological polar surface area (TPSA) is 78.5 Å². The minimum Gasteiger partial charge on any atom is -0.347 e. The lowest BCUT2D eigenvalue weighted by Crippen LogP contribution is -2.41. The van der Waals surface area contributed by atoms with Crippen molar-refractivity contribution in [3.63, 3.8) is 0 Å². The van der Waals surface area contributed by atoms with Crippen LogP contribution in [0.5, 0.6) is 0 Å². The molecule has 1 fully saturated rings. The second-order valence-electron chi connectivity index (χ2n) is 8.91. The van der Waals surface area contributed by atoms with Gasteiger partial charge in [0.1, 0.15) is 0 Å². The average molecular weight is 408 g/mol. The van der Waals surface area contributed by atoms with Gasteiger partial charge in [-0.2, -0.15) is 0 Å². The van der Waals surface area contributed by atoms with Crippen molar-refractivity contribution >= 4 is 29.1 Å². The fourth-order valence-corrected chi connectivity index (χ4v) is 3.46. The quantitative estimate of drug-likeness (QED) is 0.809. The minimum atomic E-state index is -0.474. The van der Waals surface area contributed by atoms with Gasteiger partial charge < -0.3 is 15.5 Å². The summed E-state index contributed by atoms with van der Waals surface area (Å²) in [5.74, 6) is -1.06. The van der Waals surface area contributed by atoms with E-state index in [9.17, 15) is 14.4 Å². The zero-order valence-corrected chi connectivity index (χ0v) is 18.2. The summed E-state index contributed by atoms with van der Waals surface area (Å²) in [4.78, 5) is 39.7. The molecule has 0 bridgehead atoms.